The lowest BCUT2D eigenvalue weighted by Gasteiger charge is -2.37. The molecule has 1 aliphatic rings. The van der Waals surface area contributed by atoms with Crippen molar-refractivity contribution in [1.29, 1.82) is 0 Å². The van der Waals surface area contributed by atoms with E-state index in [1.54, 1.807) is 0 Å². The number of piperidine rings is 1. The molecule has 0 saturated carbocycles. The maximum atomic E-state index is 12.5. The minimum atomic E-state index is 0.0459. The Balaban J connectivity index is 2.53. The molecule has 1 aliphatic heterocycles. The van der Waals surface area contributed by atoms with E-state index >= 15 is 0 Å². The van der Waals surface area contributed by atoms with E-state index in [0.29, 0.717) is 25.6 Å². The molecule has 5 nitrogen and oxygen atoms in total. The van der Waals surface area contributed by atoms with Crippen LogP contribution in [-0.4, -0.2) is 66.7 Å². The van der Waals surface area contributed by atoms with Crippen LogP contribution in [0.25, 0.3) is 0 Å². The number of nitrogens with two attached hydrogens (primary N) is 1. The van der Waals surface area contributed by atoms with Gasteiger partial charge in [0.05, 0.1) is 6.61 Å². The summed E-state index contributed by atoms with van der Waals surface area (Å²) in [5.74, 6) is 0.184. The van der Waals surface area contributed by atoms with Gasteiger partial charge >= 0.3 is 0 Å². The van der Waals surface area contributed by atoms with Crippen LogP contribution in [0.2, 0.25) is 0 Å². The minimum absolute atomic E-state index is 0.0459. The average Bonchev–Trinajstić information content (AvgIpc) is 2.43. The lowest BCUT2D eigenvalue weighted by atomic mass is 9.84. The summed E-state index contributed by atoms with van der Waals surface area (Å²) in [5, 5.41) is 9.26. The molecular formula is C16H33N3O2. The molecule has 0 aromatic carbocycles. The highest BCUT2D eigenvalue weighted by molar-refractivity contribution is 5.76. The second kappa shape index (κ2) is 8.71. The highest BCUT2D eigenvalue weighted by Crippen LogP contribution is 2.27. The van der Waals surface area contributed by atoms with Gasteiger partial charge in [-0.1, -0.05) is 13.8 Å². The molecular weight excluding hydrogens is 266 g/mol. The Morgan fingerprint density at radius 3 is 2.48 bits per heavy atom. The molecule has 1 heterocycles. The van der Waals surface area contributed by atoms with Crippen LogP contribution in [-0.2, 0) is 4.79 Å². The average molecular weight is 299 g/mol. The number of aliphatic hydroxyl groups excluding tert-OH is 1. The normalized spacial score (nSPS) is 18.0. The van der Waals surface area contributed by atoms with Gasteiger partial charge < -0.3 is 20.6 Å². The van der Waals surface area contributed by atoms with Gasteiger partial charge in [0.15, 0.2) is 0 Å². The van der Waals surface area contributed by atoms with E-state index in [2.05, 4.69) is 25.8 Å². The topological polar surface area (TPSA) is 69.8 Å². The van der Waals surface area contributed by atoms with Crippen molar-refractivity contribution in [1.82, 2.24) is 9.80 Å². The van der Waals surface area contributed by atoms with Gasteiger partial charge in [0.1, 0.15) is 0 Å². The fourth-order valence-electron chi connectivity index (χ4n) is 3.03. The van der Waals surface area contributed by atoms with Crippen LogP contribution in [0.4, 0.5) is 0 Å². The quantitative estimate of drug-likeness (QED) is 0.703. The summed E-state index contributed by atoms with van der Waals surface area (Å²) in [5.41, 5.74) is 5.74. The van der Waals surface area contributed by atoms with Gasteiger partial charge in [-0.25, -0.2) is 0 Å². The third-order valence-corrected chi connectivity index (χ3v) is 4.63. The zero-order valence-electron chi connectivity index (χ0n) is 14.0. The van der Waals surface area contributed by atoms with Crippen LogP contribution in [0.15, 0.2) is 0 Å². The van der Waals surface area contributed by atoms with E-state index in [0.717, 1.165) is 38.8 Å². The molecule has 0 spiro atoms. The van der Waals surface area contributed by atoms with Crippen molar-refractivity contribution in [2.75, 3.05) is 39.8 Å². The number of amides is 1. The lowest BCUT2D eigenvalue weighted by molar-refractivity contribution is -0.135. The number of aliphatic hydroxyl groups is 1. The predicted octanol–water partition coefficient (Wildman–Crippen LogP) is 1.06. The monoisotopic (exact) mass is 299 g/mol. The number of carbonyl (C=O) groups excluding carboxylic acids is 1. The van der Waals surface area contributed by atoms with E-state index < -0.39 is 0 Å². The van der Waals surface area contributed by atoms with Crippen molar-refractivity contribution in [3.8, 4) is 0 Å². The molecule has 0 atom stereocenters. The lowest BCUT2D eigenvalue weighted by Crippen LogP contribution is -2.47. The van der Waals surface area contributed by atoms with Gasteiger partial charge in [-0.2, -0.15) is 0 Å². The molecule has 21 heavy (non-hydrogen) atoms. The van der Waals surface area contributed by atoms with Crippen molar-refractivity contribution in [3.63, 3.8) is 0 Å². The maximum Gasteiger partial charge on any atom is 0.222 e. The van der Waals surface area contributed by atoms with Crippen LogP contribution >= 0.6 is 0 Å². The molecule has 0 radical (unpaired) electrons. The van der Waals surface area contributed by atoms with Gasteiger partial charge in [0.2, 0.25) is 5.91 Å². The predicted molar refractivity (Wildman–Crippen MR) is 86.0 cm³/mol. The molecule has 124 valence electrons. The first-order valence-electron chi connectivity index (χ1n) is 8.18. The Morgan fingerprint density at radius 1 is 1.33 bits per heavy atom. The van der Waals surface area contributed by atoms with Gasteiger partial charge in [-0.15, -0.1) is 0 Å². The number of carbonyl (C=O) groups is 1. The van der Waals surface area contributed by atoms with Gasteiger partial charge in [0, 0.05) is 19.0 Å². The molecule has 1 saturated heterocycles. The largest absolute Gasteiger partial charge is 0.395 e. The van der Waals surface area contributed by atoms with Gasteiger partial charge in [0.25, 0.3) is 0 Å². The van der Waals surface area contributed by atoms with Crippen LogP contribution in [0.3, 0.4) is 0 Å². The number of hydrogen-bond donors (Lipinski definition) is 2. The molecule has 1 amide bonds. The summed E-state index contributed by atoms with van der Waals surface area (Å²) in [4.78, 5) is 16.7. The summed E-state index contributed by atoms with van der Waals surface area (Å²) in [6, 6.07) is 0.290. The molecule has 0 aromatic heterocycles. The van der Waals surface area contributed by atoms with Crippen molar-refractivity contribution in [3.05, 3.63) is 0 Å². The molecule has 1 rings (SSSR count). The summed E-state index contributed by atoms with van der Waals surface area (Å²) in [7, 11) is 2.11. The zero-order chi connectivity index (χ0) is 15.9. The summed E-state index contributed by atoms with van der Waals surface area (Å²) in [6.07, 6.45) is 4.37. The maximum absolute atomic E-state index is 12.5. The van der Waals surface area contributed by atoms with Crippen LogP contribution < -0.4 is 5.73 Å². The molecule has 0 bridgehead atoms. The Kier molecular flexibility index (Phi) is 7.63. The number of likely N-dealkylation sites (tertiary alicyclic amines) is 1. The Labute approximate surface area is 129 Å². The molecule has 3 N–H and O–H groups in total. The fourth-order valence-corrected chi connectivity index (χ4v) is 3.03. The number of nitrogens with zero attached hydrogens (tertiary/aromatic N) is 2. The highest BCUT2D eigenvalue weighted by Gasteiger charge is 2.27. The fraction of sp³-hybridized carbons (Fsp3) is 0.938. The molecule has 1 fully saturated rings. The summed E-state index contributed by atoms with van der Waals surface area (Å²) >= 11 is 0. The third-order valence-electron chi connectivity index (χ3n) is 4.63. The Hall–Kier alpha value is -0.650. The standard InChI is InChI=1S/C16H33N3O2/c1-16(2,8-9-17)7-4-15(21)19(12-13-20)14-5-10-18(3)11-6-14/h14,20H,4-13,17H2,1-3H3. The zero-order valence-corrected chi connectivity index (χ0v) is 14.0. The molecule has 5 heteroatoms. The molecule has 0 aromatic rings. The summed E-state index contributed by atoms with van der Waals surface area (Å²) in [6.45, 7) is 7.56. The second-order valence-corrected chi connectivity index (χ2v) is 7.05. The third kappa shape index (κ3) is 6.32. The summed E-state index contributed by atoms with van der Waals surface area (Å²) < 4.78 is 0. The first-order chi connectivity index (χ1) is 9.89. The van der Waals surface area contributed by atoms with Crippen molar-refractivity contribution in [2.45, 2.75) is 52.0 Å². The van der Waals surface area contributed by atoms with Crippen molar-refractivity contribution < 1.29 is 9.90 Å². The van der Waals surface area contributed by atoms with E-state index in [1.807, 2.05) is 4.90 Å². The van der Waals surface area contributed by atoms with E-state index in [9.17, 15) is 9.90 Å². The van der Waals surface area contributed by atoms with E-state index in [1.165, 1.54) is 0 Å². The van der Waals surface area contributed by atoms with Crippen LogP contribution in [0.1, 0.15) is 46.0 Å². The van der Waals surface area contributed by atoms with Crippen molar-refractivity contribution in [2.24, 2.45) is 11.1 Å². The first kappa shape index (κ1) is 18.4. The van der Waals surface area contributed by atoms with Crippen LogP contribution in [0.5, 0.6) is 0 Å². The SMILES string of the molecule is CN1CCC(N(CCO)C(=O)CCC(C)(C)CCN)CC1. The Morgan fingerprint density at radius 2 is 1.95 bits per heavy atom. The minimum Gasteiger partial charge on any atom is -0.395 e. The second-order valence-electron chi connectivity index (χ2n) is 7.05. The molecule has 0 unspecified atom stereocenters. The Bertz CT molecular complexity index is 313. The van der Waals surface area contributed by atoms with Crippen LogP contribution in [0, 0.1) is 5.41 Å². The first-order valence-corrected chi connectivity index (χ1v) is 8.18. The highest BCUT2D eigenvalue weighted by atomic mass is 16.3. The van der Waals surface area contributed by atoms with Crippen molar-refractivity contribution >= 4 is 5.91 Å². The number of rotatable bonds is 8. The van der Waals surface area contributed by atoms with Gasteiger partial charge in [-0.05, 0) is 57.8 Å². The van der Waals surface area contributed by atoms with Gasteiger partial charge in [-0.3, -0.25) is 4.79 Å². The molecule has 0 aliphatic carbocycles. The smallest absolute Gasteiger partial charge is 0.222 e. The number of hydrogen-bond acceptors (Lipinski definition) is 4. The van der Waals surface area contributed by atoms with E-state index in [-0.39, 0.29) is 17.9 Å². The van der Waals surface area contributed by atoms with E-state index in [4.69, 9.17) is 5.73 Å².